The Bertz CT molecular complexity index is 556. The van der Waals surface area contributed by atoms with Crippen LogP contribution in [0.25, 0.3) is 0 Å². The fourth-order valence-corrected chi connectivity index (χ4v) is 2.22. The van der Waals surface area contributed by atoms with Gasteiger partial charge in [-0.1, -0.05) is 43.7 Å². The van der Waals surface area contributed by atoms with Crippen LogP contribution in [-0.4, -0.2) is 11.7 Å². The highest BCUT2D eigenvalue weighted by molar-refractivity contribution is 5.51. The number of rotatable bonds is 6. The summed E-state index contributed by atoms with van der Waals surface area (Å²) in [6.45, 7) is 2.50. The molecule has 0 aliphatic carbocycles. The van der Waals surface area contributed by atoms with Crippen molar-refractivity contribution < 1.29 is 9.50 Å². The standard InChI is InChI=1S/C17H20FNO/c1-2-6-13-7-3-4-10-16(13)19-12-17(20)14-8-5-9-15(18)11-14/h3-5,7-11,17,19-20H,2,6,12H2,1H3. The van der Waals surface area contributed by atoms with Crippen LogP contribution in [0.4, 0.5) is 10.1 Å². The minimum atomic E-state index is -0.722. The number of para-hydroxylation sites is 1. The van der Waals surface area contributed by atoms with Crippen LogP contribution in [-0.2, 0) is 6.42 Å². The molecule has 2 aromatic carbocycles. The Kier molecular flexibility index (Phi) is 5.13. The maximum absolute atomic E-state index is 13.1. The summed E-state index contributed by atoms with van der Waals surface area (Å²) in [6, 6.07) is 14.1. The monoisotopic (exact) mass is 273 g/mol. The van der Waals surface area contributed by atoms with Gasteiger partial charge in [0.05, 0.1) is 6.10 Å². The molecule has 1 atom stereocenters. The van der Waals surface area contributed by atoms with Crippen molar-refractivity contribution in [3.63, 3.8) is 0 Å². The second-order valence-corrected chi connectivity index (χ2v) is 4.86. The molecule has 0 heterocycles. The molecule has 2 aromatic rings. The van der Waals surface area contributed by atoms with Crippen molar-refractivity contribution in [3.05, 3.63) is 65.5 Å². The van der Waals surface area contributed by atoms with Crippen LogP contribution in [0.5, 0.6) is 0 Å². The van der Waals surface area contributed by atoms with E-state index in [1.54, 1.807) is 12.1 Å². The van der Waals surface area contributed by atoms with Crippen LogP contribution in [0.2, 0.25) is 0 Å². The van der Waals surface area contributed by atoms with Gasteiger partial charge in [-0.05, 0) is 35.7 Å². The van der Waals surface area contributed by atoms with Crippen LogP contribution >= 0.6 is 0 Å². The summed E-state index contributed by atoms with van der Waals surface area (Å²) in [5.74, 6) is -0.326. The van der Waals surface area contributed by atoms with E-state index >= 15 is 0 Å². The van der Waals surface area contributed by atoms with Crippen molar-refractivity contribution in [1.82, 2.24) is 0 Å². The molecule has 0 spiro atoms. The number of halogens is 1. The van der Waals surface area contributed by atoms with Crippen molar-refractivity contribution >= 4 is 5.69 Å². The molecular formula is C17H20FNO. The van der Waals surface area contributed by atoms with Crippen LogP contribution < -0.4 is 5.32 Å². The van der Waals surface area contributed by atoms with E-state index in [-0.39, 0.29) is 5.82 Å². The van der Waals surface area contributed by atoms with E-state index in [4.69, 9.17) is 0 Å². The largest absolute Gasteiger partial charge is 0.387 e. The van der Waals surface area contributed by atoms with Gasteiger partial charge in [-0.2, -0.15) is 0 Å². The third-order valence-corrected chi connectivity index (χ3v) is 3.26. The Hall–Kier alpha value is -1.87. The highest BCUT2D eigenvalue weighted by Crippen LogP contribution is 2.19. The van der Waals surface area contributed by atoms with Gasteiger partial charge in [0.2, 0.25) is 0 Å². The van der Waals surface area contributed by atoms with Crippen molar-refractivity contribution in [2.24, 2.45) is 0 Å². The Balaban J connectivity index is 2.01. The van der Waals surface area contributed by atoms with Crippen LogP contribution in [0.1, 0.15) is 30.6 Å². The first-order chi connectivity index (χ1) is 9.70. The van der Waals surface area contributed by atoms with Crippen molar-refractivity contribution in [3.8, 4) is 0 Å². The van der Waals surface area contributed by atoms with Crippen molar-refractivity contribution in [2.45, 2.75) is 25.9 Å². The molecule has 2 N–H and O–H groups in total. The van der Waals surface area contributed by atoms with Gasteiger partial charge in [0.15, 0.2) is 0 Å². The van der Waals surface area contributed by atoms with Gasteiger partial charge in [0.1, 0.15) is 5.82 Å². The number of hydrogen-bond acceptors (Lipinski definition) is 2. The molecule has 0 saturated carbocycles. The molecule has 0 aromatic heterocycles. The van der Waals surface area contributed by atoms with Crippen LogP contribution in [0, 0.1) is 5.82 Å². The minimum Gasteiger partial charge on any atom is -0.387 e. The molecule has 0 bridgehead atoms. The van der Waals surface area contributed by atoms with Crippen molar-refractivity contribution in [1.29, 1.82) is 0 Å². The Labute approximate surface area is 119 Å². The van der Waals surface area contributed by atoms with Gasteiger partial charge in [-0.25, -0.2) is 4.39 Å². The number of nitrogens with one attached hydrogen (secondary N) is 1. The van der Waals surface area contributed by atoms with Gasteiger partial charge >= 0.3 is 0 Å². The first-order valence-electron chi connectivity index (χ1n) is 6.96. The second-order valence-electron chi connectivity index (χ2n) is 4.86. The third-order valence-electron chi connectivity index (χ3n) is 3.26. The molecule has 106 valence electrons. The number of hydrogen-bond donors (Lipinski definition) is 2. The van der Waals surface area contributed by atoms with Gasteiger partial charge in [-0.3, -0.25) is 0 Å². The topological polar surface area (TPSA) is 32.3 Å². The summed E-state index contributed by atoms with van der Waals surface area (Å²) in [7, 11) is 0. The Morgan fingerprint density at radius 3 is 2.70 bits per heavy atom. The highest BCUT2D eigenvalue weighted by Gasteiger charge is 2.09. The fourth-order valence-electron chi connectivity index (χ4n) is 2.22. The predicted octanol–water partition coefficient (Wildman–Crippen LogP) is 3.92. The second kappa shape index (κ2) is 7.06. The third kappa shape index (κ3) is 3.81. The van der Waals surface area contributed by atoms with Gasteiger partial charge < -0.3 is 10.4 Å². The normalized spacial score (nSPS) is 12.2. The van der Waals surface area contributed by atoms with E-state index in [9.17, 15) is 9.50 Å². The zero-order valence-electron chi connectivity index (χ0n) is 11.6. The number of aliphatic hydroxyl groups excluding tert-OH is 1. The van der Waals surface area contributed by atoms with Gasteiger partial charge in [0.25, 0.3) is 0 Å². The van der Waals surface area contributed by atoms with E-state index in [2.05, 4.69) is 18.3 Å². The average Bonchev–Trinajstić information content (AvgIpc) is 2.46. The lowest BCUT2D eigenvalue weighted by molar-refractivity contribution is 0.191. The predicted molar refractivity (Wildman–Crippen MR) is 80.3 cm³/mol. The lowest BCUT2D eigenvalue weighted by atomic mass is 10.1. The average molecular weight is 273 g/mol. The van der Waals surface area contributed by atoms with E-state index in [1.807, 2.05) is 18.2 Å². The van der Waals surface area contributed by atoms with Crippen LogP contribution in [0.3, 0.4) is 0 Å². The molecule has 0 fully saturated rings. The van der Waals surface area contributed by atoms with E-state index < -0.39 is 6.10 Å². The zero-order chi connectivity index (χ0) is 14.4. The summed E-state index contributed by atoms with van der Waals surface area (Å²) in [5.41, 5.74) is 2.86. The number of aliphatic hydroxyl groups is 1. The molecule has 3 heteroatoms. The molecule has 0 radical (unpaired) electrons. The lowest BCUT2D eigenvalue weighted by Gasteiger charge is -2.15. The molecule has 0 saturated heterocycles. The summed E-state index contributed by atoms with van der Waals surface area (Å²) >= 11 is 0. The SMILES string of the molecule is CCCc1ccccc1NCC(O)c1cccc(F)c1. The Morgan fingerprint density at radius 2 is 1.95 bits per heavy atom. The van der Waals surface area contributed by atoms with E-state index in [0.717, 1.165) is 18.5 Å². The van der Waals surface area contributed by atoms with E-state index in [1.165, 1.54) is 17.7 Å². The highest BCUT2D eigenvalue weighted by atomic mass is 19.1. The number of benzene rings is 2. The number of anilines is 1. The summed E-state index contributed by atoms with van der Waals surface area (Å²) in [5, 5.41) is 13.3. The van der Waals surface area contributed by atoms with Gasteiger partial charge in [-0.15, -0.1) is 0 Å². The minimum absolute atomic E-state index is 0.326. The molecule has 0 aliphatic rings. The summed E-state index contributed by atoms with van der Waals surface area (Å²) in [6.07, 6.45) is 1.35. The molecule has 2 rings (SSSR count). The quantitative estimate of drug-likeness (QED) is 0.836. The number of aryl methyl sites for hydroxylation is 1. The zero-order valence-corrected chi connectivity index (χ0v) is 11.6. The first kappa shape index (κ1) is 14.5. The molecule has 0 aliphatic heterocycles. The van der Waals surface area contributed by atoms with E-state index in [0.29, 0.717) is 12.1 Å². The maximum atomic E-state index is 13.1. The van der Waals surface area contributed by atoms with Gasteiger partial charge in [0, 0.05) is 12.2 Å². The van der Waals surface area contributed by atoms with Crippen molar-refractivity contribution in [2.75, 3.05) is 11.9 Å². The Morgan fingerprint density at radius 1 is 1.15 bits per heavy atom. The molecule has 0 amide bonds. The fraction of sp³-hybridized carbons (Fsp3) is 0.294. The lowest BCUT2D eigenvalue weighted by Crippen LogP contribution is -2.13. The summed E-state index contributed by atoms with van der Waals surface area (Å²) < 4.78 is 13.1. The maximum Gasteiger partial charge on any atom is 0.123 e. The summed E-state index contributed by atoms with van der Waals surface area (Å²) in [4.78, 5) is 0. The smallest absolute Gasteiger partial charge is 0.123 e. The molecule has 2 nitrogen and oxygen atoms in total. The van der Waals surface area contributed by atoms with Crippen LogP contribution in [0.15, 0.2) is 48.5 Å². The molecular weight excluding hydrogens is 253 g/mol. The molecule has 20 heavy (non-hydrogen) atoms. The first-order valence-corrected chi connectivity index (χ1v) is 6.96. The molecule has 1 unspecified atom stereocenters.